The van der Waals surface area contributed by atoms with Crippen LogP contribution >= 0.6 is 11.6 Å². The molecule has 0 aliphatic carbocycles. The van der Waals surface area contributed by atoms with E-state index in [2.05, 4.69) is 25.9 Å². The standard InChI is InChI=1S/C10H9ClN6O3/c1-5(9-13-15-16-14-9)12-10(18)6-3-2-4-7(11)8(6)17(19)20/h2-5H,1H3,(H,12,18)(H,13,14,15,16). The summed E-state index contributed by atoms with van der Waals surface area (Å²) in [7, 11) is 0. The molecule has 1 atom stereocenters. The molecule has 1 aromatic heterocycles. The lowest BCUT2D eigenvalue weighted by Gasteiger charge is -2.10. The van der Waals surface area contributed by atoms with Gasteiger partial charge in [0.1, 0.15) is 10.6 Å². The summed E-state index contributed by atoms with van der Waals surface area (Å²) < 4.78 is 0. The summed E-state index contributed by atoms with van der Waals surface area (Å²) in [5.74, 6) is -0.375. The van der Waals surface area contributed by atoms with E-state index < -0.39 is 22.6 Å². The highest BCUT2D eigenvalue weighted by molar-refractivity contribution is 6.33. The van der Waals surface area contributed by atoms with Crippen molar-refractivity contribution in [2.75, 3.05) is 0 Å². The average molecular weight is 297 g/mol. The summed E-state index contributed by atoms with van der Waals surface area (Å²) in [5, 5.41) is 26.4. The number of benzene rings is 1. The maximum atomic E-state index is 12.1. The number of tetrazole rings is 1. The van der Waals surface area contributed by atoms with E-state index in [1.807, 2.05) is 0 Å². The van der Waals surface area contributed by atoms with Crippen LogP contribution in [-0.4, -0.2) is 31.5 Å². The van der Waals surface area contributed by atoms with E-state index in [1.165, 1.54) is 18.2 Å². The number of H-pyrrole nitrogens is 1. The molecule has 0 fully saturated rings. The Labute approximate surface area is 117 Å². The van der Waals surface area contributed by atoms with Gasteiger partial charge in [0, 0.05) is 0 Å². The van der Waals surface area contributed by atoms with Gasteiger partial charge in [0.2, 0.25) is 0 Å². The van der Waals surface area contributed by atoms with Crippen molar-refractivity contribution in [3.63, 3.8) is 0 Å². The first-order valence-electron chi connectivity index (χ1n) is 5.48. The van der Waals surface area contributed by atoms with E-state index >= 15 is 0 Å². The number of para-hydroxylation sites is 1. The molecule has 0 saturated carbocycles. The van der Waals surface area contributed by atoms with Crippen molar-refractivity contribution in [2.24, 2.45) is 0 Å². The third-order valence-corrected chi connectivity index (χ3v) is 2.82. The molecule has 0 saturated heterocycles. The molecule has 1 amide bonds. The number of hydrogen-bond acceptors (Lipinski definition) is 6. The van der Waals surface area contributed by atoms with Crippen LogP contribution in [0.2, 0.25) is 5.02 Å². The molecule has 9 nitrogen and oxygen atoms in total. The number of nitro benzene ring substituents is 1. The van der Waals surface area contributed by atoms with Crippen LogP contribution < -0.4 is 5.32 Å². The van der Waals surface area contributed by atoms with Gasteiger partial charge >= 0.3 is 5.69 Å². The fraction of sp³-hybridized carbons (Fsp3) is 0.200. The van der Waals surface area contributed by atoms with Crippen LogP contribution in [0.15, 0.2) is 18.2 Å². The SMILES string of the molecule is CC(NC(=O)c1cccc(Cl)c1[N+](=O)[O-])c1nn[nH]n1. The molecule has 10 heteroatoms. The number of nitro groups is 1. The number of aromatic nitrogens is 4. The number of carbonyl (C=O) groups excluding carboxylic acids is 1. The minimum atomic E-state index is -0.698. The third-order valence-electron chi connectivity index (χ3n) is 2.51. The van der Waals surface area contributed by atoms with Gasteiger partial charge in [0.25, 0.3) is 5.91 Å². The van der Waals surface area contributed by atoms with Crippen molar-refractivity contribution < 1.29 is 9.72 Å². The van der Waals surface area contributed by atoms with E-state index in [-0.39, 0.29) is 16.4 Å². The molecule has 1 aromatic carbocycles. The molecule has 0 aliphatic heterocycles. The Morgan fingerprint density at radius 2 is 2.30 bits per heavy atom. The zero-order valence-corrected chi connectivity index (χ0v) is 11.0. The number of hydrogen-bond donors (Lipinski definition) is 2. The van der Waals surface area contributed by atoms with Gasteiger partial charge in [-0.1, -0.05) is 22.9 Å². The van der Waals surface area contributed by atoms with Gasteiger partial charge in [0.05, 0.1) is 11.0 Å². The van der Waals surface area contributed by atoms with Gasteiger partial charge in [-0.3, -0.25) is 14.9 Å². The summed E-state index contributed by atoms with van der Waals surface area (Å²) in [6.07, 6.45) is 0. The Bertz CT molecular complexity index is 644. The molecule has 0 bridgehead atoms. The predicted octanol–water partition coefficient (Wildman–Crippen LogP) is 1.25. The predicted molar refractivity (Wildman–Crippen MR) is 68.2 cm³/mol. The van der Waals surface area contributed by atoms with Crippen molar-refractivity contribution in [3.05, 3.63) is 44.7 Å². The summed E-state index contributed by atoms with van der Waals surface area (Å²) in [5.41, 5.74) is -0.565. The number of nitrogens with one attached hydrogen (secondary N) is 2. The van der Waals surface area contributed by atoms with Gasteiger partial charge in [-0.05, 0) is 19.1 Å². The minimum absolute atomic E-state index is 0.102. The molecule has 1 heterocycles. The molecule has 20 heavy (non-hydrogen) atoms. The smallest absolute Gasteiger partial charge is 0.300 e. The van der Waals surface area contributed by atoms with Gasteiger partial charge in [-0.25, -0.2) is 0 Å². The van der Waals surface area contributed by atoms with Crippen molar-refractivity contribution in [1.82, 2.24) is 25.9 Å². The average Bonchev–Trinajstić information content (AvgIpc) is 2.91. The monoisotopic (exact) mass is 296 g/mol. The van der Waals surface area contributed by atoms with Crippen LogP contribution in [0.1, 0.15) is 29.1 Å². The van der Waals surface area contributed by atoms with Gasteiger partial charge < -0.3 is 5.32 Å². The van der Waals surface area contributed by atoms with Crippen molar-refractivity contribution in [2.45, 2.75) is 13.0 Å². The zero-order chi connectivity index (χ0) is 14.7. The van der Waals surface area contributed by atoms with Crippen LogP contribution in [0.3, 0.4) is 0 Å². The lowest BCUT2D eigenvalue weighted by Crippen LogP contribution is -2.28. The van der Waals surface area contributed by atoms with Gasteiger partial charge in [-0.2, -0.15) is 5.21 Å². The summed E-state index contributed by atoms with van der Waals surface area (Å²) in [6, 6.07) is 3.57. The minimum Gasteiger partial charge on any atom is -0.342 e. The summed E-state index contributed by atoms with van der Waals surface area (Å²) in [6.45, 7) is 1.62. The maximum absolute atomic E-state index is 12.1. The second-order valence-corrected chi connectivity index (χ2v) is 4.27. The molecule has 2 aromatic rings. The maximum Gasteiger partial charge on any atom is 0.300 e. The number of aromatic amines is 1. The fourth-order valence-corrected chi connectivity index (χ4v) is 1.82. The number of nitrogens with zero attached hydrogens (tertiary/aromatic N) is 4. The summed E-state index contributed by atoms with van der Waals surface area (Å²) >= 11 is 5.74. The Morgan fingerprint density at radius 3 is 2.90 bits per heavy atom. The lowest BCUT2D eigenvalue weighted by atomic mass is 10.1. The molecule has 2 rings (SSSR count). The first kappa shape index (κ1) is 13.9. The quantitative estimate of drug-likeness (QED) is 0.645. The molecule has 1 unspecified atom stereocenters. The van der Waals surface area contributed by atoms with Crippen LogP contribution in [0, 0.1) is 10.1 Å². The van der Waals surface area contributed by atoms with E-state index in [0.29, 0.717) is 0 Å². The van der Waals surface area contributed by atoms with Gasteiger partial charge in [-0.15, -0.1) is 10.2 Å². The first-order chi connectivity index (χ1) is 9.50. The van der Waals surface area contributed by atoms with Crippen LogP contribution in [0.5, 0.6) is 0 Å². The highest BCUT2D eigenvalue weighted by Crippen LogP contribution is 2.28. The summed E-state index contributed by atoms with van der Waals surface area (Å²) in [4.78, 5) is 22.3. The number of carbonyl (C=O) groups is 1. The van der Waals surface area contributed by atoms with E-state index in [0.717, 1.165) is 0 Å². The second kappa shape index (κ2) is 5.61. The van der Waals surface area contributed by atoms with E-state index in [9.17, 15) is 14.9 Å². The van der Waals surface area contributed by atoms with Crippen LogP contribution in [0.4, 0.5) is 5.69 Å². The normalized spacial score (nSPS) is 11.9. The van der Waals surface area contributed by atoms with Crippen LogP contribution in [0.25, 0.3) is 0 Å². The third kappa shape index (κ3) is 2.72. The lowest BCUT2D eigenvalue weighted by molar-refractivity contribution is -0.385. The van der Waals surface area contributed by atoms with Crippen molar-refractivity contribution in [3.8, 4) is 0 Å². The number of rotatable bonds is 4. The first-order valence-corrected chi connectivity index (χ1v) is 5.85. The number of amides is 1. The Morgan fingerprint density at radius 1 is 1.55 bits per heavy atom. The Kier molecular flexibility index (Phi) is 3.89. The molecule has 0 radical (unpaired) electrons. The molecule has 0 spiro atoms. The highest BCUT2D eigenvalue weighted by Gasteiger charge is 2.25. The molecular weight excluding hydrogens is 288 g/mol. The molecule has 2 N–H and O–H groups in total. The topological polar surface area (TPSA) is 127 Å². The van der Waals surface area contributed by atoms with E-state index in [1.54, 1.807) is 6.92 Å². The van der Waals surface area contributed by atoms with Crippen molar-refractivity contribution >= 4 is 23.2 Å². The van der Waals surface area contributed by atoms with E-state index in [4.69, 9.17) is 11.6 Å². The Balaban J connectivity index is 2.26. The number of halogens is 1. The van der Waals surface area contributed by atoms with Crippen molar-refractivity contribution in [1.29, 1.82) is 0 Å². The highest BCUT2D eigenvalue weighted by atomic mass is 35.5. The zero-order valence-electron chi connectivity index (χ0n) is 10.2. The fourth-order valence-electron chi connectivity index (χ4n) is 1.58. The molecule has 104 valence electrons. The molecular formula is C10H9ClN6O3. The largest absolute Gasteiger partial charge is 0.342 e. The van der Waals surface area contributed by atoms with Gasteiger partial charge in [0.15, 0.2) is 5.82 Å². The molecule has 0 aliphatic rings. The second-order valence-electron chi connectivity index (χ2n) is 3.86. The van der Waals surface area contributed by atoms with Crippen LogP contribution in [-0.2, 0) is 0 Å². The Hall–Kier alpha value is -2.55.